The van der Waals surface area contributed by atoms with Crippen LogP contribution < -0.4 is 4.90 Å². The lowest BCUT2D eigenvalue weighted by molar-refractivity contribution is 0.0985. The highest BCUT2D eigenvalue weighted by Gasteiger charge is 2.21. The van der Waals surface area contributed by atoms with Gasteiger partial charge in [-0.1, -0.05) is 18.3 Å². The van der Waals surface area contributed by atoms with Crippen molar-refractivity contribution in [3.63, 3.8) is 0 Å². The molecule has 0 N–H and O–H groups in total. The Hall–Kier alpha value is -1.67. The van der Waals surface area contributed by atoms with E-state index >= 15 is 0 Å². The van der Waals surface area contributed by atoms with Gasteiger partial charge in [0.05, 0.1) is 10.2 Å². The minimum atomic E-state index is -0.298. The first kappa shape index (κ1) is 22.6. The number of fused-ring (bicyclic) bond motifs is 1. The fourth-order valence-electron chi connectivity index (χ4n) is 2.60. The molecule has 0 fully saturated rings. The maximum atomic E-state index is 13.5. The summed E-state index contributed by atoms with van der Waals surface area (Å²) in [5, 5.41) is 0.592. The summed E-state index contributed by atoms with van der Waals surface area (Å²) < 4.78 is 14.3. The summed E-state index contributed by atoms with van der Waals surface area (Å²) in [5.41, 5.74) is 1.33. The molecule has 0 spiro atoms. The highest BCUT2D eigenvalue weighted by molar-refractivity contribution is 7.99. The Morgan fingerprint density at radius 2 is 1.86 bits per heavy atom. The zero-order chi connectivity index (χ0) is 19.4. The van der Waals surface area contributed by atoms with Crippen LogP contribution in [-0.2, 0) is 0 Å². The molecule has 0 bridgehead atoms. The number of rotatable bonds is 7. The fourth-order valence-corrected chi connectivity index (χ4v) is 4.28. The van der Waals surface area contributed by atoms with Gasteiger partial charge in [0.2, 0.25) is 0 Å². The zero-order valence-corrected chi connectivity index (χ0v) is 18.5. The first-order valence-corrected chi connectivity index (χ1v) is 10.5. The van der Waals surface area contributed by atoms with Gasteiger partial charge in [-0.25, -0.2) is 9.37 Å². The second-order valence-electron chi connectivity index (χ2n) is 6.33. The van der Waals surface area contributed by atoms with E-state index in [0.717, 1.165) is 15.3 Å². The van der Waals surface area contributed by atoms with Gasteiger partial charge in [-0.3, -0.25) is 9.69 Å². The van der Waals surface area contributed by atoms with Crippen molar-refractivity contribution in [2.45, 2.75) is 11.8 Å². The van der Waals surface area contributed by atoms with Gasteiger partial charge in [0.1, 0.15) is 5.82 Å². The summed E-state index contributed by atoms with van der Waals surface area (Å²) in [6.45, 7) is 3.32. The Labute approximate surface area is 179 Å². The summed E-state index contributed by atoms with van der Waals surface area (Å²) in [4.78, 5) is 22.6. The summed E-state index contributed by atoms with van der Waals surface area (Å²) in [6.07, 6.45) is 0. The van der Waals surface area contributed by atoms with Crippen molar-refractivity contribution in [3.05, 3.63) is 53.8 Å². The van der Waals surface area contributed by atoms with E-state index in [4.69, 9.17) is 0 Å². The number of anilines is 1. The summed E-state index contributed by atoms with van der Waals surface area (Å²) in [7, 11) is 3.93. The second-order valence-corrected chi connectivity index (χ2v) is 8.67. The maximum Gasteiger partial charge on any atom is 0.260 e. The van der Waals surface area contributed by atoms with Crippen LogP contribution in [0.4, 0.5) is 9.52 Å². The topological polar surface area (TPSA) is 36.4 Å². The monoisotopic (exact) mass is 439 g/mol. The molecule has 0 atom stereocenters. The Balaban J connectivity index is 0.00000280. The average molecular weight is 440 g/mol. The number of carbonyl (C=O) groups is 1. The third kappa shape index (κ3) is 5.44. The molecule has 1 aromatic heterocycles. The number of amides is 1. The molecule has 0 aliphatic carbocycles. The normalized spacial score (nSPS) is 10.9. The van der Waals surface area contributed by atoms with E-state index in [9.17, 15) is 9.18 Å². The Morgan fingerprint density at radius 1 is 1.14 bits per heavy atom. The van der Waals surface area contributed by atoms with Gasteiger partial charge in [0, 0.05) is 23.5 Å². The van der Waals surface area contributed by atoms with Gasteiger partial charge in [-0.15, -0.1) is 24.2 Å². The van der Waals surface area contributed by atoms with Gasteiger partial charge in [0.25, 0.3) is 5.91 Å². The van der Waals surface area contributed by atoms with Crippen molar-refractivity contribution in [2.75, 3.05) is 37.8 Å². The lowest BCUT2D eigenvalue weighted by Gasteiger charge is -2.22. The number of aromatic nitrogens is 1. The van der Waals surface area contributed by atoms with Gasteiger partial charge < -0.3 is 4.90 Å². The molecule has 0 aliphatic rings. The van der Waals surface area contributed by atoms with Crippen LogP contribution in [0, 0.1) is 5.82 Å². The molecule has 28 heavy (non-hydrogen) atoms. The number of benzene rings is 2. The van der Waals surface area contributed by atoms with E-state index in [1.807, 2.05) is 43.3 Å². The molecular weight excluding hydrogens is 417 g/mol. The van der Waals surface area contributed by atoms with E-state index in [-0.39, 0.29) is 24.1 Å². The second kappa shape index (κ2) is 10.2. The molecule has 1 amide bonds. The highest BCUT2D eigenvalue weighted by atomic mass is 35.5. The number of carbonyl (C=O) groups excluding carboxylic acids is 1. The van der Waals surface area contributed by atoms with Crippen LogP contribution in [-0.4, -0.2) is 48.7 Å². The van der Waals surface area contributed by atoms with Gasteiger partial charge in [-0.2, -0.15) is 0 Å². The molecule has 8 heteroatoms. The predicted octanol–water partition coefficient (Wildman–Crippen LogP) is 5.18. The third-order valence-electron chi connectivity index (χ3n) is 4.00. The fraction of sp³-hybridized carbons (Fsp3) is 0.300. The minimum Gasteiger partial charge on any atom is -0.308 e. The molecule has 1 heterocycles. The SMILES string of the molecule is CCSc1ccc(C(=O)N(CCN(C)C)c2nc3ccc(F)cc3s2)cc1.Cl. The van der Waals surface area contributed by atoms with Crippen LogP contribution in [0.15, 0.2) is 47.4 Å². The van der Waals surface area contributed by atoms with E-state index in [1.165, 1.54) is 23.5 Å². The van der Waals surface area contributed by atoms with Crippen molar-refractivity contribution in [2.24, 2.45) is 0 Å². The van der Waals surface area contributed by atoms with E-state index < -0.39 is 0 Å². The first-order chi connectivity index (χ1) is 13.0. The molecule has 0 saturated heterocycles. The van der Waals surface area contributed by atoms with Gasteiger partial charge in [0.15, 0.2) is 5.13 Å². The van der Waals surface area contributed by atoms with Crippen molar-refractivity contribution in [1.82, 2.24) is 9.88 Å². The third-order valence-corrected chi connectivity index (χ3v) is 5.93. The Bertz CT molecular complexity index is 931. The minimum absolute atomic E-state index is 0. The maximum absolute atomic E-state index is 13.5. The Morgan fingerprint density at radius 3 is 2.50 bits per heavy atom. The highest BCUT2D eigenvalue weighted by Crippen LogP contribution is 2.30. The van der Waals surface area contributed by atoms with Crippen LogP contribution in [0.3, 0.4) is 0 Å². The van der Waals surface area contributed by atoms with Crippen LogP contribution in [0.2, 0.25) is 0 Å². The zero-order valence-electron chi connectivity index (χ0n) is 16.0. The molecule has 0 radical (unpaired) electrons. The first-order valence-electron chi connectivity index (χ1n) is 8.73. The average Bonchev–Trinajstić information content (AvgIpc) is 3.05. The van der Waals surface area contributed by atoms with Crippen molar-refractivity contribution in [1.29, 1.82) is 0 Å². The molecule has 2 aromatic carbocycles. The van der Waals surface area contributed by atoms with E-state index in [1.54, 1.807) is 22.7 Å². The van der Waals surface area contributed by atoms with Crippen LogP contribution in [0.1, 0.15) is 17.3 Å². The summed E-state index contributed by atoms with van der Waals surface area (Å²) in [6, 6.07) is 12.2. The van der Waals surface area contributed by atoms with Gasteiger partial charge >= 0.3 is 0 Å². The molecule has 0 aliphatic heterocycles. The van der Waals surface area contributed by atoms with Crippen LogP contribution in [0.25, 0.3) is 10.2 Å². The number of likely N-dealkylation sites (N-methyl/N-ethyl adjacent to an activating group) is 1. The molecule has 0 unspecified atom stereocenters. The predicted molar refractivity (Wildman–Crippen MR) is 120 cm³/mol. The molecule has 3 rings (SSSR count). The number of hydrogen-bond donors (Lipinski definition) is 0. The number of thioether (sulfide) groups is 1. The lowest BCUT2D eigenvalue weighted by Crippen LogP contribution is -2.36. The number of thiazole rings is 1. The number of halogens is 2. The largest absolute Gasteiger partial charge is 0.308 e. The summed E-state index contributed by atoms with van der Waals surface area (Å²) >= 11 is 3.08. The standard InChI is InChI=1S/C20H22FN3OS2.ClH/c1-4-26-16-8-5-14(6-9-16)19(25)24(12-11-23(2)3)20-22-17-10-7-15(21)13-18(17)27-20;/h5-10,13H,4,11-12H2,1-3H3;1H. The molecule has 4 nitrogen and oxygen atoms in total. The van der Waals surface area contributed by atoms with Crippen molar-refractivity contribution >= 4 is 56.8 Å². The molecule has 3 aromatic rings. The smallest absolute Gasteiger partial charge is 0.260 e. The van der Waals surface area contributed by atoms with E-state index in [2.05, 4.69) is 11.9 Å². The number of nitrogens with zero attached hydrogens (tertiary/aromatic N) is 3. The van der Waals surface area contributed by atoms with E-state index in [0.29, 0.717) is 29.3 Å². The molecule has 0 saturated carbocycles. The van der Waals surface area contributed by atoms with Gasteiger partial charge in [-0.05, 0) is 62.3 Å². The van der Waals surface area contributed by atoms with Crippen molar-refractivity contribution in [3.8, 4) is 0 Å². The van der Waals surface area contributed by atoms with Crippen LogP contribution in [0.5, 0.6) is 0 Å². The van der Waals surface area contributed by atoms with Crippen LogP contribution >= 0.6 is 35.5 Å². The number of hydrogen-bond acceptors (Lipinski definition) is 5. The summed E-state index contributed by atoms with van der Waals surface area (Å²) in [5.74, 6) is 0.599. The molecule has 150 valence electrons. The quantitative estimate of drug-likeness (QED) is 0.475. The molecular formula is C20H23ClFN3OS2. The Kier molecular flexibility index (Phi) is 8.24. The lowest BCUT2D eigenvalue weighted by atomic mass is 10.2. The van der Waals surface area contributed by atoms with Crippen molar-refractivity contribution < 1.29 is 9.18 Å².